The third-order valence-corrected chi connectivity index (χ3v) is 4.40. The topological polar surface area (TPSA) is 24.1 Å². The molecule has 0 aliphatic heterocycles. The smallest absolute Gasteiger partial charge is 0.167 e. The summed E-state index contributed by atoms with van der Waals surface area (Å²) in [4.78, 5) is 0. The van der Waals surface area contributed by atoms with E-state index in [-0.39, 0.29) is 6.04 Å². The molecule has 0 aromatic heterocycles. The molecule has 0 saturated heterocycles. The van der Waals surface area contributed by atoms with Crippen LogP contribution in [0.2, 0.25) is 0 Å². The SMILES string of the molecule is CCCCCC(C)NC(=S)NC(c1ccccc1)c1ccccc1. The second-order valence-electron chi connectivity index (χ2n) is 6.27. The minimum atomic E-state index is 0.0650. The molecular formula is C21H28N2S. The molecule has 0 heterocycles. The van der Waals surface area contributed by atoms with Crippen LogP contribution in [0.4, 0.5) is 0 Å². The Morgan fingerprint density at radius 3 is 1.92 bits per heavy atom. The van der Waals surface area contributed by atoms with Crippen molar-refractivity contribution in [1.82, 2.24) is 10.6 Å². The number of unbranched alkanes of at least 4 members (excludes halogenated alkanes) is 2. The Bertz CT molecular complexity index is 558. The Hall–Kier alpha value is -1.87. The van der Waals surface area contributed by atoms with Crippen molar-refractivity contribution in [3.63, 3.8) is 0 Å². The maximum Gasteiger partial charge on any atom is 0.167 e. The van der Waals surface area contributed by atoms with Gasteiger partial charge in [0.15, 0.2) is 5.11 Å². The van der Waals surface area contributed by atoms with Crippen LogP contribution in [-0.2, 0) is 0 Å². The molecule has 0 bridgehead atoms. The van der Waals surface area contributed by atoms with E-state index >= 15 is 0 Å². The van der Waals surface area contributed by atoms with E-state index in [1.807, 2.05) is 12.1 Å². The molecule has 1 atom stereocenters. The first-order chi connectivity index (χ1) is 11.7. The number of rotatable bonds is 8. The van der Waals surface area contributed by atoms with E-state index in [0.29, 0.717) is 6.04 Å². The fourth-order valence-electron chi connectivity index (χ4n) is 2.82. The first kappa shape index (κ1) is 18.5. The monoisotopic (exact) mass is 340 g/mol. The molecule has 0 aliphatic carbocycles. The molecule has 1 unspecified atom stereocenters. The van der Waals surface area contributed by atoms with Gasteiger partial charge in [0.25, 0.3) is 0 Å². The van der Waals surface area contributed by atoms with Crippen LogP contribution in [0.1, 0.15) is 56.7 Å². The highest BCUT2D eigenvalue weighted by molar-refractivity contribution is 7.80. The first-order valence-electron chi connectivity index (χ1n) is 8.87. The number of thiocarbonyl (C=S) groups is 1. The fourth-order valence-corrected chi connectivity index (χ4v) is 3.14. The van der Waals surface area contributed by atoms with Crippen molar-refractivity contribution < 1.29 is 0 Å². The molecule has 2 rings (SSSR count). The third-order valence-electron chi connectivity index (χ3n) is 4.16. The average molecular weight is 341 g/mol. The lowest BCUT2D eigenvalue weighted by Crippen LogP contribution is -2.42. The van der Waals surface area contributed by atoms with Gasteiger partial charge in [-0.2, -0.15) is 0 Å². The molecule has 0 spiro atoms. The zero-order valence-corrected chi connectivity index (χ0v) is 15.5. The van der Waals surface area contributed by atoms with Gasteiger partial charge < -0.3 is 10.6 Å². The number of hydrogen-bond acceptors (Lipinski definition) is 1. The van der Waals surface area contributed by atoms with Crippen LogP contribution in [0.25, 0.3) is 0 Å². The van der Waals surface area contributed by atoms with Gasteiger partial charge in [-0.1, -0.05) is 86.8 Å². The quantitative estimate of drug-likeness (QED) is 0.509. The molecule has 2 N–H and O–H groups in total. The van der Waals surface area contributed by atoms with Crippen molar-refractivity contribution in [2.45, 2.75) is 51.6 Å². The Balaban J connectivity index is 2.02. The van der Waals surface area contributed by atoms with Gasteiger partial charge >= 0.3 is 0 Å². The Morgan fingerprint density at radius 1 is 0.875 bits per heavy atom. The van der Waals surface area contributed by atoms with Crippen molar-refractivity contribution >= 4 is 17.3 Å². The Morgan fingerprint density at radius 2 is 1.42 bits per heavy atom. The normalized spacial score (nSPS) is 12.0. The maximum atomic E-state index is 5.56. The van der Waals surface area contributed by atoms with E-state index in [4.69, 9.17) is 12.2 Å². The summed E-state index contributed by atoms with van der Waals surface area (Å²) >= 11 is 5.56. The molecule has 0 radical (unpaired) electrons. The van der Waals surface area contributed by atoms with Gasteiger partial charge in [0, 0.05) is 6.04 Å². The van der Waals surface area contributed by atoms with Crippen LogP contribution in [0.3, 0.4) is 0 Å². The lowest BCUT2D eigenvalue weighted by molar-refractivity contribution is 0.547. The van der Waals surface area contributed by atoms with E-state index < -0.39 is 0 Å². The lowest BCUT2D eigenvalue weighted by atomic mass is 9.99. The molecule has 2 aromatic carbocycles. The average Bonchev–Trinajstić information content (AvgIpc) is 2.61. The van der Waals surface area contributed by atoms with Crippen LogP contribution >= 0.6 is 12.2 Å². The van der Waals surface area contributed by atoms with Crippen LogP contribution in [0, 0.1) is 0 Å². The molecule has 3 heteroatoms. The highest BCUT2D eigenvalue weighted by Crippen LogP contribution is 2.21. The number of hydrogen-bond donors (Lipinski definition) is 2. The number of benzene rings is 2. The minimum Gasteiger partial charge on any atom is -0.360 e. The van der Waals surface area contributed by atoms with E-state index in [1.54, 1.807) is 0 Å². The first-order valence-corrected chi connectivity index (χ1v) is 9.28. The van der Waals surface area contributed by atoms with Gasteiger partial charge in [-0.15, -0.1) is 0 Å². The lowest BCUT2D eigenvalue weighted by Gasteiger charge is -2.24. The predicted octanol–water partition coefficient (Wildman–Crippen LogP) is 5.21. The highest BCUT2D eigenvalue weighted by atomic mass is 32.1. The van der Waals surface area contributed by atoms with Gasteiger partial charge in [-0.05, 0) is 36.7 Å². The molecule has 0 amide bonds. The summed E-state index contributed by atoms with van der Waals surface area (Å²) in [6.07, 6.45) is 4.92. The summed E-state index contributed by atoms with van der Waals surface area (Å²) < 4.78 is 0. The van der Waals surface area contributed by atoms with Gasteiger partial charge in [0.1, 0.15) is 0 Å². The molecule has 2 aromatic rings. The van der Waals surface area contributed by atoms with E-state index in [1.165, 1.54) is 30.4 Å². The van der Waals surface area contributed by atoms with Crippen LogP contribution in [0.15, 0.2) is 60.7 Å². The summed E-state index contributed by atoms with van der Waals surface area (Å²) in [5.74, 6) is 0. The second-order valence-corrected chi connectivity index (χ2v) is 6.68. The second kappa shape index (κ2) is 10.1. The summed E-state index contributed by atoms with van der Waals surface area (Å²) in [5.41, 5.74) is 2.43. The maximum absolute atomic E-state index is 5.56. The molecule has 0 fully saturated rings. The zero-order chi connectivity index (χ0) is 17.2. The van der Waals surface area contributed by atoms with Gasteiger partial charge in [-0.3, -0.25) is 0 Å². The van der Waals surface area contributed by atoms with Crippen LogP contribution < -0.4 is 10.6 Å². The molecular weight excluding hydrogens is 312 g/mol. The Labute approximate surface area is 151 Å². The van der Waals surface area contributed by atoms with Crippen LogP contribution in [0.5, 0.6) is 0 Å². The minimum absolute atomic E-state index is 0.0650. The predicted molar refractivity (Wildman–Crippen MR) is 107 cm³/mol. The molecule has 0 saturated carbocycles. The highest BCUT2D eigenvalue weighted by Gasteiger charge is 2.15. The Kier molecular flexibility index (Phi) is 7.76. The van der Waals surface area contributed by atoms with Gasteiger partial charge in [0.05, 0.1) is 6.04 Å². The molecule has 128 valence electrons. The van der Waals surface area contributed by atoms with Gasteiger partial charge in [0.2, 0.25) is 0 Å². The third kappa shape index (κ3) is 5.97. The van der Waals surface area contributed by atoms with Crippen molar-refractivity contribution in [2.24, 2.45) is 0 Å². The van der Waals surface area contributed by atoms with Crippen molar-refractivity contribution in [3.8, 4) is 0 Å². The van der Waals surface area contributed by atoms with Crippen LogP contribution in [-0.4, -0.2) is 11.2 Å². The summed E-state index contributed by atoms with van der Waals surface area (Å²) in [6.45, 7) is 4.43. The standard InChI is InChI=1S/C21H28N2S/c1-3-4-7-12-17(2)22-21(24)23-20(18-13-8-5-9-14-18)19-15-10-6-11-16-19/h5-6,8-11,13-17,20H,3-4,7,12H2,1-2H3,(H2,22,23,24). The summed E-state index contributed by atoms with van der Waals surface area (Å²) in [6, 6.07) is 21.3. The van der Waals surface area contributed by atoms with Crippen molar-refractivity contribution in [2.75, 3.05) is 0 Å². The number of nitrogens with one attached hydrogen (secondary N) is 2. The molecule has 24 heavy (non-hydrogen) atoms. The summed E-state index contributed by atoms with van der Waals surface area (Å²) in [5, 5.41) is 7.64. The molecule has 0 aliphatic rings. The molecule has 2 nitrogen and oxygen atoms in total. The van der Waals surface area contributed by atoms with E-state index in [9.17, 15) is 0 Å². The largest absolute Gasteiger partial charge is 0.360 e. The summed E-state index contributed by atoms with van der Waals surface area (Å²) in [7, 11) is 0. The van der Waals surface area contributed by atoms with E-state index in [2.05, 4.69) is 73.0 Å². The zero-order valence-electron chi connectivity index (χ0n) is 14.7. The van der Waals surface area contributed by atoms with Crippen molar-refractivity contribution in [3.05, 3.63) is 71.8 Å². The fraction of sp³-hybridized carbons (Fsp3) is 0.381. The van der Waals surface area contributed by atoms with Crippen molar-refractivity contribution in [1.29, 1.82) is 0 Å². The van der Waals surface area contributed by atoms with E-state index in [0.717, 1.165) is 11.5 Å². The van der Waals surface area contributed by atoms with Gasteiger partial charge in [-0.25, -0.2) is 0 Å².